The lowest BCUT2D eigenvalue weighted by Crippen LogP contribution is -2.15. The quantitative estimate of drug-likeness (QED) is 0.775. The van der Waals surface area contributed by atoms with Crippen LogP contribution in [0.4, 0.5) is 5.69 Å². The number of hydrogen-bond acceptors (Lipinski definition) is 2. The molecule has 1 aliphatic heterocycles. The van der Waals surface area contributed by atoms with Crippen molar-refractivity contribution >= 4 is 29.2 Å². The zero-order valence-electron chi connectivity index (χ0n) is 10.8. The summed E-state index contributed by atoms with van der Waals surface area (Å²) >= 11 is 1.82. The van der Waals surface area contributed by atoms with Crippen LogP contribution in [0.2, 0.25) is 0 Å². The van der Waals surface area contributed by atoms with Crippen molar-refractivity contribution in [3.63, 3.8) is 0 Å². The van der Waals surface area contributed by atoms with Gasteiger partial charge in [0.05, 0.1) is 16.6 Å². The van der Waals surface area contributed by atoms with Crippen LogP contribution in [-0.4, -0.2) is 17.2 Å². The summed E-state index contributed by atoms with van der Waals surface area (Å²) in [6.45, 7) is 0. The fourth-order valence-corrected chi connectivity index (χ4v) is 2.88. The molecule has 3 rings (SSSR count). The van der Waals surface area contributed by atoms with Gasteiger partial charge >= 0.3 is 0 Å². The van der Waals surface area contributed by atoms with E-state index in [4.69, 9.17) is 4.99 Å². The molecule has 0 aliphatic carbocycles. The first-order valence-corrected chi connectivity index (χ1v) is 7.61. The Hall–Kier alpha value is -1.80. The maximum atomic E-state index is 4.89. The van der Waals surface area contributed by atoms with Gasteiger partial charge in [0.25, 0.3) is 0 Å². The van der Waals surface area contributed by atoms with Gasteiger partial charge in [-0.1, -0.05) is 60.7 Å². The number of para-hydroxylation sites is 1. The number of benzene rings is 2. The third-order valence-corrected chi connectivity index (χ3v) is 4.11. The van der Waals surface area contributed by atoms with Crippen molar-refractivity contribution in [2.75, 3.05) is 6.26 Å². The van der Waals surface area contributed by atoms with E-state index in [2.05, 4.69) is 60.9 Å². The van der Waals surface area contributed by atoms with Crippen LogP contribution >= 0.6 is 11.8 Å². The second kappa shape index (κ2) is 5.45. The van der Waals surface area contributed by atoms with Crippen LogP contribution in [0.5, 0.6) is 0 Å². The highest BCUT2D eigenvalue weighted by atomic mass is 32.2. The highest BCUT2D eigenvalue weighted by Crippen LogP contribution is 2.28. The molecule has 0 spiro atoms. The molecule has 0 fully saturated rings. The fourth-order valence-electron chi connectivity index (χ4n) is 2.23. The Morgan fingerprint density at radius 1 is 0.947 bits per heavy atom. The Kier molecular flexibility index (Phi) is 3.51. The minimum absolute atomic E-state index is 0.301. The summed E-state index contributed by atoms with van der Waals surface area (Å²) < 4.78 is 0. The number of rotatable bonds is 2. The summed E-state index contributed by atoms with van der Waals surface area (Å²) in [7, 11) is 0. The zero-order valence-corrected chi connectivity index (χ0v) is 11.6. The SMILES string of the molecule is CSC1C=Cc2ccccc2N=C1c1ccccc1. The second-order valence-electron chi connectivity index (χ2n) is 4.44. The minimum Gasteiger partial charge on any atom is -0.251 e. The van der Waals surface area contributed by atoms with Crippen molar-refractivity contribution in [3.8, 4) is 0 Å². The average molecular weight is 265 g/mol. The van der Waals surface area contributed by atoms with Crippen LogP contribution in [0.1, 0.15) is 11.1 Å². The maximum absolute atomic E-state index is 4.89. The largest absolute Gasteiger partial charge is 0.251 e. The lowest BCUT2D eigenvalue weighted by Gasteiger charge is -2.12. The van der Waals surface area contributed by atoms with Gasteiger partial charge in [-0.2, -0.15) is 11.8 Å². The van der Waals surface area contributed by atoms with E-state index in [0.717, 1.165) is 11.4 Å². The predicted molar refractivity (Wildman–Crippen MR) is 85.4 cm³/mol. The normalized spacial score (nSPS) is 17.5. The Bertz CT molecular complexity index is 629. The van der Waals surface area contributed by atoms with Gasteiger partial charge in [0.2, 0.25) is 0 Å². The molecule has 2 aromatic rings. The smallest absolute Gasteiger partial charge is 0.0706 e. The molecule has 1 nitrogen and oxygen atoms in total. The van der Waals surface area contributed by atoms with Gasteiger partial charge in [0, 0.05) is 0 Å². The van der Waals surface area contributed by atoms with Gasteiger partial charge in [-0.25, -0.2) is 0 Å². The molecule has 2 heteroatoms. The summed E-state index contributed by atoms with van der Waals surface area (Å²) in [6.07, 6.45) is 6.54. The Morgan fingerprint density at radius 3 is 2.47 bits per heavy atom. The molecule has 1 unspecified atom stereocenters. The van der Waals surface area contributed by atoms with Crippen molar-refractivity contribution < 1.29 is 0 Å². The molecule has 0 radical (unpaired) electrons. The van der Waals surface area contributed by atoms with Gasteiger partial charge in [-0.15, -0.1) is 0 Å². The first kappa shape index (κ1) is 12.2. The highest BCUT2D eigenvalue weighted by Gasteiger charge is 2.17. The summed E-state index contributed by atoms with van der Waals surface area (Å²) in [5.74, 6) is 0. The second-order valence-corrected chi connectivity index (χ2v) is 5.42. The van der Waals surface area contributed by atoms with Crippen molar-refractivity contribution in [1.29, 1.82) is 0 Å². The van der Waals surface area contributed by atoms with Gasteiger partial charge in [0.1, 0.15) is 0 Å². The third kappa shape index (κ3) is 2.49. The van der Waals surface area contributed by atoms with E-state index < -0.39 is 0 Å². The third-order valence-electron chi connectivity index (χ3n) is 3.22. The summed E-state index contributed by atoms with van der Waals surface area (Å²) in [5, 5.41) is 0.301. The van der Waals surface area contributed by atoms with Gasteiger partial charge < -0.3 is 0 Å². The maximum Gasteiger partial charge on any atom is 0.0706 e. The van der Waals surface area contributed by atoms with Crippen molar-refractivity contribution in [3.05, 3.63) is 71.8 Å². The van der Waals surface area contributed by atoms with Gasteiger partial charge in [0.15, 0.2) is 0 Å². The first-order chi connectivity index (χ1) is 9.38. The average Bonchev–Trinajstić information content (AvgIpc) is 2.67. The fraction of sp³-hybridized carbons (Fsp3) is 0.118. The van der Waals surface area contributed by atoms with E-state index in [9.17, 15) is 0 Å². The van der Waals surface area contributed by atoms with Crippen molar-refractivity contribution in [2.45, 2.75) is 5.25 Å². The molecule has 0 amide bonds. The molecule has 1 heterocycles. The van der Waals surface area contributed by atoms with Crippen LogP contribution < -0.4 is 0 Å². The van der Waals surface area contributed by atoms with E-state index in [1.54, 1.807) is 0 Å². The number of fused-ring (bicyclic) bond motifs is 1. The molecule has 0 saturated carbocycles. The van der Waals surface area contributed by atoms with E-state index in [1.165, 1.54) is 11.1 Å². The number of thioether (sulfide) groups is 1. The molecule has 1 aliphatic rings. The molecule has 19 heavy (non-hydrogen) atoms. The molecular formula is C17H15NS. The van der Waals surface area contributed by atoms with Crippen molar-refractivity contribution in [2.24, 2.45) is 4.99 Å². The van der Waals surface area contributed by atoms with Crippen LogP contribution in [0, 0.1) is 0 Å². The van der Waals surface area contributed by atoms with Crippen LogP contribution in [0.25, 0.3) is 6.08 Å². The monoisotopic (exact) mass is 265 g/mol. The first-order valence-electron chi connectivity index (χ1n) is 6.32. The molecule has 2 aromatic carbocycles. The Morgan fingerprint density at radius 2 is 1.68 bits per heavy atom. The summed E-state index contributed by atoms with van der Waals surface area (Å²) in [6, 6.07) is 18.7. The van der Waals surface area contributed by atoms with E-state index >= 15 is 0 Å². The van der Waals surface area contributed by atoms with Gasteiger partial charge in [-0.3, -0.25) is 4.99 Å². The number of aliphatic imine (C=N–C) groups is 1. The number of hydrogen-bond donors (Lipinski definition) is 0. The summed E-state index contributed by atoms with van der Waals surface area (Å²) in [5.41, 5.74) is 4.57. The van der Waals surface area contributed by atoms with E-state index in [-0.39, 0.29) is 0 Å². The lowest BCUT2D eigenvalue weighted by molar-refractivity contribution is 1.42. The molecule has 1 atom stereocenters. The topological polar surface area (TPSA) is 12.4 Å². The van der Waals surface area contributed by atoms with Gasteiger partial charge in [-0.05, 0) is 23.4 Å². The Balaban J connectivity index is 2.15. The molecular weight excluding hydrogens is 250 g/mol. The highest BCUT2D eigenvalue weighted by molar-refractivity contribution is 8.00. The predicted octanol–water partition coefficient (Wildman–Crippen LogP) is 4.57. The molecule has 0 bridgehead atoms. The lowest BCUT2D eigenvalue weighted by atomic mass is 10.1. The molecule has 0 N–H and O–H groups in total. The standard InChI is InChI=1S/C17H15NS/c1-19-16-12-11-13-7-5-6-10-15(13)18-17(16)14-8-3-2-4-9-14/h2-12,16H,1H3. The molecule has 94 valence electrons. The summed E-state index contributed by atoms with van der Waals surface area (Å²) in [4.78, 5) is 4.89. The number of nitrogens with zero attached hydrogens (tertiary/aromatic N) is 1. The van der Waals surface area contributed by atoms with Crippen LogP contribution in [-0.2, 0) is 0 Å². The zero-order chi connectivity index (χ0) is 13.1. The van der Waals surface area contributed by atoms with E-state index in [1.807, 2.05) is 23.9 Å². The minimum atomic E-state index is 0.301. The van der Waals surface area contributed by atoms with Crippen LogP contribution in [0.15, 0.2) is 65.7 Å². The molecule has 0 aromatic heterocycles. The Labute approximate surface area is 118 Å². The molecule has 0 saturated heterocycles. The van der Waals surface area contributed by atoms with Crippen LogP contribution in [0.3, 0.4) is 0 Å². The van der Waals surface area contributed by atoms with Crippen molar-refractivity contribution in [1.82, 2.24) is 0 Å². The van der Waals surface area contributed by atoms with E-state index in [0.29, 0.717) is 5.25 Å².